The van der Waals surface area contributed by atoms with Crippen LogP contribution in [0.2, 0.25) is 0 Å². The maximum Gasteiger partial charge on any atom is 0.224 e. The molecule has 2 heterocycles. The van der Waals surface area contributed by atoms with E-state index >= 15 is 0 Å². The van der Waals surface area contributed by atoms with Crippen molar-refractivity contribution in [2.45, 2.75) is 6.54 Å². The normalized spacial score (nSPS) is 16.6. The fraction of sp³-hybridized carbons (Fsp3) is 0.636. The summed E-state index contributed by atoms with van der Waals surface area (Å²) in [4.78, 5) is 8.15. The SMILES string of the molecule is COc1ncnc(OC)c1CNN1CCOCC1. The van der Waals surface area contributed by atoms with Gasteiger partial charge in [-0.25, -0.2) is 15.0 Å². The minimum Gasteiger partial charge on any atom is -0.481 e. The third-order valence-corrected chi connectivity index (χ3v) is 2.74. The van der Waals surface area contributed by atoms with Gasteiger partial charge in [-0.2, -0.15) is 0 Å². The summed E-state index contributed by atoms with van der Waals surface area (Å²) in [6.07, 6.45) is 1.43. The van der Waals surface area contributed by atoms with Crippen molar-refractivity contribution in [1.82, 2.24) is 20.4 Å². The first-order valence-electron chi connectivity index (χ1n) is 5.83. The highest BCUT2D eigenvalue weighted by molar-refractivity contribution is 5.34. The van der Waals surface area contributed by atoms with Crippen LogP contribution in [0.4, 0.5) is 0 Å². The van der Waals surface area contributed by atoms with E-state index in [0.717, 1.165) is 31.9 Å². The fourth-order valence-electron chi connectivity index (χ4n) is 1.80. The first-order chi connectivity index (χ1) is 8.85. The molecule has 0 radical (unpaired) electrons. The number of hydrazine groups is 1. The largest absolute Gasteiger partial charge is 0.481 e. The van der Waals surface area contributed by atoms with E-state index in [1.807, 2.05) is 0 Å². The van der Waals surface area contributed by atoms with Crippen molar-refractivity contribution >= 4 is 0 Å². The number of methoxy groups -OCH3 is 2. The highest BCUT2D eigenvalue weighted by Crippen LogP contribution is 2.22. The van der Waals surface area contributed by atoms with E-state index in [-0.39, 0.29) is 0 Å². The molecule has 0 bridgehead atoms. The second kappa shape index (κ2) is 6.48. The number of nitrogens with one attached hydrogen (secondary N) is 1. The summed E-state index contributed by atoms with van der Waals surface area (Å²) in [6.45, 7) is 3.77. The first kappa shape index (κ1) is 13.0. The van der Waals surface area contributed by atoms with Crippen LogP contribution in [-0.4, -0.2) is 55.5 Å². The molecule has 1 fully saturated rings. The molecule has 1 aliphatic heterocycles. The van der Waals surface area contributed by atoms with Crippen molar-refractivity contribution < 1.29 is 14.2 Å². The maximum atomic E-state index is 5.29. The molecule has 7 nitrogen and oxygen atoms in total. The Labute approximate surface area is 106 Å². The molecule has 1 saturated heterocycles. The molecule has 2 rings (SSSR count). The van der Waals surface area contributed by atoms with Crippen LogP contribution in [0.5, 0.6) is 11.8 Å². The quantitative estimate of drug-likeness (QED) is 0.782. The lowest BCUT2D eigenvalue weighted by Gasteiger charge is -2.27. The highest BCUT2D eigenvalue weighted by atomic mass is 16.5. The third kappa shape index (κ3) is 3.06. The van der Waals surface area contributed by atoms with E-state index in [9.17, 15) is 0 Å². The van der Waals surface area contributed by atoms with Crippen LogP contribution in [0.15, 0.2) is 6.33 Å². The monoisotopic (exact) mass is 254 g/mol. The van der Waals surface area contributed by atoms with Crippen LogP contribution in [-0.2, 0) is 11.3 Å². The molecule has 1 N–H and O–H groups in total. The van der Waals surface area contributed by atoms with Crippen LogP contribution >= 0.6 is 0 Å². The van der Waals surface area contributed by atoms with E-state index in [0.29, 0.717) is 18.3 Å². The standard InChI is InChI=1S/C11H18N4O3/c1-16-10-9(11(17-2)13-8-12-10)7-14-15-3-5-18-6-4-15/h8,14H,3-7H2,1-2H3. The summed E-state index contributed by atoms with van der Waals surface area (Å²) in [5, 5.41) is 2.11. The lowest BCUT2D eigenvalue weighted by Crippen LogP contribution is -2.45. The zero-order chi connectivity index (χ0) is 12.8. The van der Waals surface area contributed by atoms with E-state index in [2.05, 4.69) is 20.4 Å². The molecule has 100 valence electrons. The van der Waals surface area contributed by atoms with E-state index in [4.69, 9.17) is 14.2 Å². The van der Waals surface area contributed by atoms with Gasteiger partial charge in [-0.1, -0.05) is 0 Å². The van der Waals surface area contributed by atoms with Gasteiger partial charge in [0.05, 0.1) is 33.0 Å². The Morgan fingerprint density at radius 1 is 1.22 bits per heavy atom. The van der Waals surface area contributed by atoms with Gasteiger partial charge in [-0.15, -0.1) is 0 Å². The molecule has 0 amide bonds. The van der Waals surface area contributed by atoms with Crippen molar-refractivity contribution in [3.05, 3.63) is 11.9 Å². The molecule has 0 unspecified atom stereocenters. The minimum absolute atomic E-state index is 0.530. The molecule has 0 saturated carbocycles. The zero-order valence-corrected chi connectivity index (χ0v) is 10.7. The predicted molar refractivity (Wildman–Crippen MR) is 64.4 cm³/mol. The van der Waals surface area contributed by atoms with Gasteiger partial charge in [0.15, 0.2) is 0 Å². The number of aromatic nitrogens is 2. The molecule has 18 heavy (non-hydrogen) atoms. The molecule has 1 aromatic heterocycles. The average Bonchev–Trinajstić information content (AvgIpc) is 2.45. The van der Waals surface area contributed by atoms with Crippen molar-refractivity contribution in [2.24, 2.45) is 0 Å². The smallest absolute Gasteiger partial charge is 0.224 e. The fourth-order valence-corrected chi connectivity index (χ4v) is 1.80. The average molecular weight is 254 g/mol. The molecular formula is C11H18N4O3. The molecule has 0 atom stereocenters. The van der Waals surface area contributed by atoms with E-state index in [1.165, 1.54) is 6.33 Å². The number of rotatable bonds is 5. The van der Waals surface area contributed by atoms with Crippen LogP contribution < -0.4 is 14.9 Å². The van der Waals surface area contributed by atoms with Crippen molar-refractivity contribution in [2.75, 3.05) is 40.5 Å². The van der Waals surface area contributed by atoms with Crippen molar-refractivity contribution in [3.8, 4) is 11.8 Å². The number of hydrogen-bond donors (Lipinski definition) is 1. The number of nitrogens with zero attached hydrogens (tertiary/aromatic N) is 3. The molecule has 1 aliphatic rings. The second-order valence-electron chi connectivity index (χ2n) is 3.81. The van der Waals surface area contributed by atoms with Crippen molar-refractivity contribution in [1.29, 1.82) is 0 Å². The molecule has 0 spiro atoms. The number of morpholine rings is 1. The van der Waals surface area contributed by atoms with Gasteiger partial charge >= 0.3 is 0 Å². The summed E-state index contributed by atoms with van der Waals surface area (Å²) in [6, 6.07) is 0. The summed E-state index contributed by atoms with van der Waals surface area (Å²) in [7, 11) is 3.17. The van der Waals surface area contributed by atoms with Crippen LogP contribution in [0.25, 0.3) is 0 Å². The predicted octanol–water partition coefficient (Wildman–Crippen LogP) is -0.169. The Kier molecular flexibility index (Phi) is 4.68. The summed E-state index contributed by atoms with van der Waals surface area (Å²) in [5.74, 6) is 1.06. The van der Waals surface area contributed by atoms with Crippen LogP contribution in [0, 0.1) is 0 Å². The van der Waals surface area contributed by atoms with Gasteiger partial charge < -0.3 is 14.2 Å². The molecule has 0 aromatic carbocycles. The summed E-state index contributed by atoms with van der Waals surface area (Å²) >= 11 is 0. The summed E-state index contributed by atoms with van der Waals surface area (Å²) in [5.41, 5.74) is 4.11. The topological polar surface area (TPSA) is 68.7 Å². The van der Waals surface area contributed by atoms with Crippen LogP contribution in [0.1, 0.15) is 5.56 Å². The minimum atomic E-state index is 0.530. The van der Waals surface area contributed by atoms with Gasteiger partial charge in [0.1, 0.15) is 6.33 Å². The van der Waals surface area contributed by atoms with E-state index < -0.39 is 0 Å². The molecular weight excluding hydrogens is 236 g/mol. The Morgan fingerprint density at radius 3 is 2.39 bits per heavy atom. The Bertz CT molecular complexity index is 360. The molecule has 0 aliphatic carbocycles. The number of ether oxygens (including phenoxy) is 3. The Hall–Kier alpha value is -1.44. The lowest BCUT2D eigenvalue weighted by atomic mass is 10.3. The Balaban J connectivity index is 2.02. The van der Waals surface area contributed by atoms with E-state index in [1.54, 1.807) is 14.2 Å². The Morgan fingerprint density at radius 2 is 1.83 bits per heavy atom. The molecule has 7 heteroatoms. The van der Waals surface area contributed by atoms with Gasteiger partial charge in [0, 0.05) is 19.6 Å². The third-order valence-electron chi connectivity index (χ3n) is 2.74. The summed E-state index contributed by atoms with van der Waals surface area (Å²) < 4.78 is 15.7. The highest BCUT2D eigenvalue weighted by Gasteiger charge is 2.15. The van der Waals surface area contributed by atoms with Crippen molar-refractivity contribution in [3.63, 3.8) is 0 Å². The van der Waals surface area contributed by atoms with Gasteiger partial charge in [0.25, 0.3) is 0 Å². The zero-order valence-electron chi connectivity index (χ0n) is 10.7. The second-order valence-corrected chi connectivity index (χ2v) is 3.81. The number of hydrogen-bond acceptors (Lipinski definition) is 7. The van der Waals surface area contributed by atoms with Gasteiger partial charge in [0.2, 0.25) is 11.8 Å². The molecule has 1 aromatic rings. The maximum absolute atomic E-state index is 5.29. The first-order valence-corrected chi connectivity index (χ1v) is 5.83. The van der Waals surface area contributed by atoms with Crippen LogP contribution in [0.3, 0.4) is 0 Å². The van der Waals surface area contributed by atoms with Gasteiger partial charge in [-0.3, -0.25) is 5.43 Å². The van der Waals surface area contributed by atoms with Gasteiger partial charge in [-0.05, 0) is 0 Å². The lowest BCUT2D eigenvalue weighted by molar-refractivity contribution is 0.0103.